The molecule has 0 fully saturated rings. The van der Waals surface area contributed by atoms with E-state index in [-0.39, 0.29) is 24.2 Å². The Morgan fingerprint density at radius 3 is 2.21 bits per heavy atom. The van der Waals surface area contributed by atoms with E-state index in [1.807, 2.05) is 13.8 Å². The smallest absolute Gasteiger partial charge is 0.131 e. The Kier molecular flexibility index (Phi) is 5.40. The molecule has 0 atom stereocenters. The zero-order chi connectivity index (χ0) is 14.5. The van der Waals surface area contributed by atoms with Crippen LogP contribution in [0, 0.1) is 23.0 Å². The minimum absolute atomic E-state index is 0.0221. The molecule has 0 aliphatic carbocycles. The van der Waals surface area contributed by atoms with Gasteiger partial charge in [0.2, 0.25) is 0 Å². The van der Waals surface area contributed by atoms with E-state index in [0.29, 0.717) is 12.8 Å². The van der Waals surface area contributed by atoms with E-state index in [4.69, 9.17) is 5.26 Å². The van der Waals surface area contributed by atoms with Crippen LogP contribution >= 0.6 is 0 Å². The van der Waals surface area contributed by atoms with Crippen molar-refractivity contribution in [1.82, 2.24) is 5.32 Å². The zero-order valence-corrected chi connectivity index (χ0v) is 11.1. The molecule has 0 radical (unpaired) electrons. The molecule has 0 unspecified atom stereocenters. The van der Waals surface area contributed by atoms with Gasteiger partial charge in [-0.2, -0.15) is 5.26 Å². The van der Waals surface area contributed by atoms with Crippen molar-refractivity contribution in [2.45, 2.75) is 38.8 Å². The summed E-state index contributed by atoms with van der Waals surface area (Å²) in [6, 6.07) is 3.71. The lowest BCUT2D eigenvalue weighted by Gasteiger charge is -2.25. The molecule has 0 amide bonds. The molecule has 3 nitrogen and oxygen atoms in total. The highest BCUT2D eigenvalue weighted by atomic mass is 19.1. The third-order valence-electron chi connectivity index (χ3n) is 3.34. The fraction of sp³-hybridized carbons (Fsp3) is 0.500. The Morgan fingerprint density at radius 1 is 1.26 bits per heavy atom. The zero-order valence-electron chi connectivity index (χ0n) is 11.1. The minimum atomic E-state index is -0.862. The molecule has 2 N–H and O–H groups in total. The normalized spacial score (nSPS) is 11.4. The van der Waals surface area contributed by atoms with Gasteiger partial charge in [-0.25, -0.2) is 8.78 Å². The molecule has 0 aromatic heterocycles. The molecule has 0 saturated heterocycles. The van der Waals surface area contributed by atoms with Crippen molar-refractivity contribution >= 4 is 0 Å². The summed E-state index contributed by atoms with van der Waals surface area (Å²) in [5.74, 6) is -1.50. The van der Waals surface area contributed by atoms with Crippen LogP contribution in [0.25, 0.3) is 0 Å². The van der Waals surface area contributed by atoms with Crippen molar-refractivity contribution in [1.29, 1.82) is 5.26 Å². The van der Waals surface area contributed by atoms with Crippen LogP contribution in [0.5, 0.6) is 0 Å². The van der Waals surface area contributed by atoms with Gasteiger partial charge in [0.05, 0.1) is 17.2 Å². The topological polar surface area (TPSA) is 56.0 Å². The second-order valence-corrected chi connectivity index (χ2v) is 4.57. The van der Waals surface area contributed by atoms with Gasteiger partial charge in [0, 0.05) is 18.7 Å². The van der Waals surface area contributed by atoms with E-state index in [9.17, 15) is 13.9 Å². The number of nitriles is 1. The Bertz CT molecular complexity index is 456. The summed E-state index contributed by atoms with van der Waals surface area (Å²) in [7, 11) is 0. The molecule has 104 valence electrons. The van der Waals surface area contributed by atoms with Crippen molar-refractivity contribution < 1.29 is 13.9 Å². The third-order valence-corrected chi connectivity index (χ3v) is 3.34. The first kappa shape index (κ1) is 15.5. The monoisotopic (exact) mass is 268 g/mol. The standard InChI is InChI=1S/C14H18F2N2O/c1-3-14(19,4-2)9-18-8-11-12(15)5-10(7-17)6-13(11)16/h5-6,18-19H,3-4,8-9H2,1-2H3. The molecule has 1 aromatic rings. The summed E-state index contributed by atoms with van der Waals surface area (Å²) in [5.41, 5.74) is -1.02. The Hall–Kier alpha value is -1.51. The lowest BCUT2D eigenvalue weighted by atomic mass is 9.97. The first-order chi connectivity index (χ1) is 8.95. The molecule has 19 heavy (non-hydrogen) atoms. The van der Waals surface area contributed by atoms with Gasteiger partial charge in [0.1, 0.15) is 11.6 Å². The van der Waals surface area contributed by atoms with Crippen LogP contribution in [0.2, 0.25) is 0 Å². The van der Waals surface area contributed by atoms with Gasteiger partial charge < -0.3 is 10.4 Å². The number of hydrogen-bond donors (Lipinski definition) is 2. The SMILES string of the molecule is CCC(O)(CC)CNCc1c(F)cc(C#N)cc1F. The van der Waals surface area contributed by atoms with Crippen LogP contribution < -0.4 is 5.32 Å². The van der Waals surface area contributed by atoms with Gasteiger partial charge in [0.25, 0.3) is 0 Å². The number of hydrogen-bond acceptors (Lipinski definition) is 3. The summed E-state index contributed by atoms with van der Waals surface area (Å²) >= 11 is 0. The fourth-order valence-corrected chi connectivity index (χ4v) is 1.76. The number of nitrogens with one attached hydrogen (secondary N) is 1. The maximum absolute atomic E-state index is 13.6. The average molecular weight is 268 g/mol. The van der Waals surface area contributed by atoms with E-state index < -0.39 is 17.2 Å². The average Bonchev–Trinajstić information content (AvgIpc) is 2.41. The summed E-state index contributed by atoms with van der Waals surface area (Å²) in [4.78, 5) is 0. The Balaban J connectivity index is 2.72. The molecular formula is C14H18F2N2O. The minimum Gasteiger partial charge on any atom is -0.389 e. The van der Waals surface area contributed by atoms with Crippen molar-refractivity contribution in [3.63, 3.8) is 0 Å². The summed E-state index contributed by atoms with van der Waals surface area (Å²) in [6.45, 7) is 3.95. The van der Waals surface area contributed by atoms with Crippen molar-refractivity contribution in [2.24, 2.45) is 0 Å². The predicted molar refractivity (Wildman–Crippen MR) is 68.3 cm³/mol. The van der Waals surface area contributed by atoms with Crippen LogP contribution in [0.1, 0.15) is 37.8 Å². The molecule has 1 aromatic carbocycles. The number of nitrogens with zero attached hydrogens (tertiary/aromatic N) is 1. The first-order valence-electron chi connectivity index (χ1n) is 6.27. The van der Waals surface area contributed by atoms with E-state index in [2.05, 4.69) is 5.32 Å². The van der Waals surface area contributed by atoms with Crippen LogP contribution in [-0.4, -0.2) is 17.3 Å². The van der Waals surface area contributed by atoms with Crippen molar-refractivity contribution in [3.05, 3.63) is 34.9 Å². The number of halogens is 2. The molecule has 0 aliphatic rings. The van der Waals surface area contributed by atoms with Crippen LogP contribution in [-0.2, 0) is 6.54 Å². The highest BCUT2D eigenvalue weighted by Gasteiger charge is 2.21. The van der Waals surface area contributed by atoms with Crippen molar-refractivity contribution in [2.75, 3.05) is 6.54 Å². The molecule has 1 rings (SSSR count). The lowest BCUT2D eigenvalue weighted by molar-refractivity contribution is 0.0321. The summed E-state index contributed by atoms with van der Waals surface area (Å²) in [6.07, 6.45) is 1.13. The number of benzene rings is 1. The van der Waals surface area contributed by atoms with Crippen LogP contribution in [0.3, 0.4) is 0 Å². The second kappa shape index (κ2) is 6.60. The van der Waals surface area contributed by atoms with E-state index in [0.717, 1.165) is 12.1 Å². The Morgan fingerprint density at radius 2 is 1.79 bits per heavy atom. The molecule has 5 heteroatoms. The van der Waals surface area contributed by atoms with Gasteiger partial charge in [-0.15, -0.1) is 0 Å². The van der Waals surface area contributed by atoms with Gasteiger partial charge in [-0.05, 0) is 25.0 Å². The van der Waals surface area contributed by atoms with Gasteiger partial charge in [-0.1, -0.05) is 13.8 Å². The largest absolute Gasteiger partial charge is 0.389 e. The third kappa shape index (κ3) is 3.98. The molecule has 0 heterocycles. The van der Waals surface area contributed by atoms with Crippen molar-refractivity contribution in [3.8, 4) is 6.07 Å². The number of aliphatic hydroxyl groups is 1. The van der Waals surface area contributed by atoms with Gasteiger partial charge >= 0.3 is 0 Å². The van der Waals surface area contributed by atoms with Gasteiger partial charge in [0.15, 0.2) is 0 Å². The maximum Gasteiger partial charge on any atom is 0.131 e. The molecule has 0 bridgehead atoms. The lowest BCUT2D eigenvalue weighted by Crippen LogP contribution is -2.39. The highest BCUT2D eigenvalue weighted by Crippen LogP contribution is 2.16. The van der Waals surface area contributed by atoms with E-state index in [1.54, 1.807) is 6.07 Å². The maximum atomic E-state index is 13.6. The summed E-state index contributed by atoms with van der Waals surface area (Å²) < 4.78 is 27.2. The van der Waals surface area contributed by atoms with Gasteiger partial charge in [-0.3, -0.25) is 0 Å². The highest BCUT2D eigenvalue weighted by molar-refractivity contribution is 5.34. The van der Waals surface area contributed by atoms with Crippen LogP contribution in [0.4, 0.5) is 8.78 Å². The predicted octanol–water partition coefficient (Wildman–Crippen LogP) is 2.48. The van der Waals surface area contributed by atoms with E-state index in [1.165, 1.54) is 0 Å². The molecule has 0 aliphatic heterocycles. The quantitative estimate of drug-likeness (QED) is 0.833. The second-order valence-electron chi connectivity index (χ2n) is 4.57. The molecule has 0 saturated carbocycles. The first-order valence-corrected chi connectivity index (χ1v) is 6.27. The van der Waals surface area contributed by atoms with Crippen LogP contribution in [0.15, 0.2) is 12.1 Å². The molecule has 0 spiro atoms. The summed E-state index contributed by atoms with van der Waals surface area (Å²) in [5, 5.41) is 21.5. The Labute approximate surface area is 111 Å². The van der Waals surface area contributed by atoms with E-state index >= 15 is 0 Å². The molecular weight excluding hydrogens is 250 g/mol. The fourth-order valence-electron chi connectivity index (χ4n) is 1.76. The number of rotatable bonds is 6.